The van der Waals surface area contributed by atoms with Crippen molar-refractivity contribution in [2.45, 2.75) is 62.8 Å². The van der Waals surface area contributed by atoms with Crippen molar-refractivity contribution in [2.75, 3.05) is 0 Å². The van der Waals surface area contributed by atoms with Crippen LogP contribution in [-0.2, 0) is 4.74 Å². The van der Waals surface area contributed by atoms with Gasteiger partial charge in [0.15, 0.2) is 6.10 Å². The number of allylic oxidation sites excluding steroid dienone is 2. The van der Waals surface area contributed by atoms with Crippen LogP contribution in [0.3, 0.4) is 0 Å². The van der Waals surface area contributed by atoms with Crippen molar-refractivity contribution >= 4 is 5.97 Å². The zero-order chi connectivity index (χ0) is 18.7. The maximum atomic E-state index is 12.9. The number of esters is 1. The third-order valence-corrected chi connectivity index (χ3v) is 7.11. The van der Waals surface area contributed by atoms with Gasteiger partial charge < -0.3 is 14.6 Å². The summed E-state index contributed by atoms with van der Waals surface area (Å²) in [4.78, 5) is 10.4. The van der Waals surface area contributed by atoms with E-state index in [1.54, 1.807) is 0 Å². The number of rotatable bonds is 4. The number of fused-ring (bicyclic) bond motifs is 4. The minimum atomic E-state index is -4.71. The van der Waals surface area contributed by atoms with Crippen molar-refractivity contribution in [2.24, 2.45) is 35.5 Å². The Hall–Kier alpha value is -1.17. The van der Waals surface area contributed by atoms with Crippen LogP contribution in [0.1, 0.15) is 44.9 Å². The Bertz CT molecular complexity index is 598. The van der Waals surface area contributed by atoms with E-state index in [2.05, 4.69) is 19.1 Å². The lowest BCUT2D eigenvalue weighted by Crippen LogP contribution is -2.44. The second-order valence-electron chi connectivity index (χ2n) is 9.03. The summed E-state index contributed by atoms with van der Waals surface area (Å²) < 4.78 is 44.7. The lowest BCUT2D eigenvalue weighted by Gasteiger charge is -2.28. The van der Waals surface area contributed by atoms with Gasteiger partial charge in [0.2, 0.25) is 0 Å². The molecule has 3 fully saturated rings. The molecule has 3 saturated carbocycles. The third-order valence-electron chi connectivity index (χ3n) is 7.11. The van der Waals surface area contributed by atoms with Crippen LogP contribution in [0.25, 0.3) is 0 Å². The summed E-state index contributed by atoms with van der Waals surface area (Å²) in [5.41, 5.74) is -2.88. The van der Waals surface area contributed by atoms with Gasteiger partial charge in [-0.1, -0.05) is 12.2 Å². The van der Waals surface area contributed by atoms with E-state index in [0.717, 1.165) is 25.7 Å². The molecule has 0 aliphatic heterocycles. The first-order chi connectivity index (χ1) is 12.1. The Labute approximate surface area is 152 Å². The monoisotopic (exact) mass is 372 g/mol. The van der Waals surface area contributed by atoms with Crippen molar-refractivity contribution in [1.29, 1.82) is 0 Å². The molecule has 4 aliphatic carbocycles. The highest BCUT2D eigenvalue weighted by molar-refractivity contribution is 5.75. The van der Waals surface area contributed by atoms with Crippen LogP contribution >= 0.6 is 0 Å². The van der Waals surface area contributed by atoms with Gasteiger partial charge in [-0.15, -0.1) is 0 Å². The number of alkyl halides is 3. The van der Waals surface area contributed by atoms with E-state index < -0.39 is 11.8 Å². The van der Waals surface area contributed by atoms with Crippen molar-refractivity contribution < 1.29 is 27.8 Å². The van der Waals surface area contributed by atoms with E-state index in [0.29, 0.717) is 30.6 Å². The Morgan fingerprint density at radius 3 is 2.50 bits per heavy atom. The maximum Gasteiger partial charge on any atom is 0.486 e. The van der Waals surface area contributed by atoms with Gasteiger partial charge >= 0.3 is 12.1 Å². The second kappa shape index (κ2) is 6.18. The van der Waals surface area contributed by atoms with Crippen LogP contribution in [0, 0.1) is 42.4 Å². The molecular formula is C20H27F3O3+2. The predicted molar refractivity (Wildman–Crippen MR) is 90.6 cm³/mol. The molecule has 2 N–H and O–H groups in total. The fourth-order valence-corrected chi connectivity index (χ4v) is 5.84. The van der Waals surface area contributed by atoms with Gasteiger partial charge in [0.25, 0.3) is 5.60 Å². The Balaban J connectivity index is 1.34. The van der Waals surface area contributed by atoms with Crippen LogP contribution in [0.15, 0.2) is 12.2 Å². The summed E-state index contributed by atoms with van der Waals surface area (Å²) in [6, 6.07) is 0. The molecule has 144 valence electrons. The predicted octanol–water partition coefficient (Wildman–Crippen LogP) is 4.04. The first kappa shape index (κ1) is 18.2. The summed E-state index contributed by atoms with van der Waals surface area (Å²) in [6.45, 7) is 3.01. The second-order valence-corrected chi connectivity index (χ2v) is 9.03. The molecule has 0 aromatic rings. The zero-order valence-electron chi connectivity index (χ0n) is 14.8. The average molecular weight is 372 g/mol. The van der Waals surface area contributed by atoms with E-state index in [1.165, 1.54) is 0 Å². The normalized spacial score (nSPS) is 43.5. The molecule has 0 aromatic heterocycles. The highest BCUT2D eigenvalue weighted by Crippen LogP contribution is 2.51. The molecule has 0 aromatic carbocycles. The zero-order valence-corrected chi connectivity index (χ0v) is 14.8. The quantitative estimate of drug-likeness (QED) is 0.350. The van der Waals surface area contributed by atoms with Gasteiger partial charge in [-0.3, -0.25) is 0 Å². The van der Waals surface area contributed by atoms with E-state index in [4.69, 9.17) is 4.74 Å². The summed E-state index contributed by atoms with van der Waals surface area (Å²) in [5.74, 6) is 1.30. The van der Waals surface area contributed by atoms with Gasteiger partial charge in [-0.2, -0.15) is 13.2 Å². The SMILES string of the molecule is [CH2+]C(O)(CC1CC2CC(OC(=[OH+])C3CC4C=CC3C4)CC1C2)C(F)(F)F. The molecule has 3 nitrogen and oxygen atoms in total. The van der Waals surface area contributed by atoms with Crippen LogP contribution < -0.4 is 0 Å². The molecule has 0 radical (unpaired) electrons. The van der Waals surface area contributed by atoms with E-state index in [9.17, 15) is 23.1 Å². The molecule has 0 saturated heterocycles. The minimum absolute atomic E-state index is 0.0653. The molecule has 4 rings (SSSR count). The molecule has 0 heterocycles. The highest BCUT2D eigenvalue weighted by atomic mass is 19.4. The van der Waals surface area contributed by atoms with Gasteiger partial charge in [-0.25, -0.2) is 0 Å². The van der Waals surface area contributed by atoms with Gasteiger partial charge in [-0.05, 0) is 55.3 Å². The molecule has 8 unspecified atom stereocenters. The molecule has 0 spiro atoms. The van der Waals surface area contributed by atoms with Gasteiger partial charge in [0.05, 0.1) is 0 Å². The number of hydrogen-bond acceptors (Lipinski definition) is 2. The molecule has 4 aliphatic rings. The summed E-state index contributed by atoms with van der Waals surface area (Å²) >= 11 is 0. The fraction of sp³-hybridized carbons (Fsp3) is 0.800. The molecule has 6 heteroatoms. The number of hydrogen-bond donors (Lipinski definition) is 1. The summed E-state index contributed by atoms with van der Waals surface area (Å²) in [5, 5.41) is 9.73. The molecular weight excluding hydrogens is 345 g/mol. The first-order valence-electron chi connectivity index (χ1n) is 9.67. The number of aliphatic hydroxyl groups is 1. The first-order valence-corrected chi connectivity index (χ1v) is 9.67. The standard InChI is InChI=1S/C20H26F3O3/c1-19(25,20(21,22)23)10-15-6-12-5-14(15)9-16(7-12)26-18(24)17-8-11-2-3-13(17)4-11/h2-3,11-17,25H,1,4-10H2/q+1/p+1. The van der Waals surface area contributed by atoms with Gasteiger partial charge in [0.1, 0.15) is 12.8 Å². The van der Waals surface area contributed by atoms with E-state index >= 15 is 0 Å². The number of ether oxygens (including phenoxy) is 1. The summed E-state index contributed by atoms with van der Waals surface area (Å²) in [7, 11) is 0. The summed E-state index contributed by atoms with van der Waals surface area (Å²) in [6.07, 6.45) is 4.17. The Morgan fingerprint density at radius 1 is 1.12 bits per heavy atom. The topological polar surface area (TPSA) is 50.9 Å². The van der Waals surface area contributed by atoms with Crippen molar-refractivity contribution in [1.82, 2.24) is 0 Å². The third kappa shape index (κ3) is 3.25. The molecule has 4 bridgehead atoms. The maximum absolute atomic E-state index is 12.9. The van der Waals surface area contributed by atoms with Gasteiger partial charge in [0, 0.05) is 19.3 Å². The van der Waals surface area contributed by atoms with Crippen molar-refractivity contribution in [3.05, 3.63) is 19.1 Å². The highest BCUT2D eigenvalue weighted by Gasteiger charge is 2.60. The van der Waals surface area contributed by atoms with Crippen LogP contribution in [-0.4, -0.2) is 33.8 Å². The van der Waals surface area contributed by atoms with Crippen molar-refractivity contribution in [3.8, 4) is 0 Å². The fourth-order valence-electron chi connectivity index (χ4n) is 5.84. The van der Waals surface area contributed by atoms with Crippen LogP contribution in [0.2, 0.25) is 0 Å². The van der Waals surface area contributed by atoms with Crippen LogP contribution in [0.4, 0.5) is 13.2 Å². The van der Waals surface area contributed by atoms with Crippen LogP contribution in [0.5, 0.6) is 0 Å². The van der Waals surface area contributed by atoms with Crippen molar-refractivity contribution in [3.63, 3.8) is 0 Å². The largest absolute Gasteiger partial charge is 0.486 e. The lowest BCUT2D eigenvalue weighted by atomic mass is 9.81. The Kier molecular flexibility index (Phi) is 4.33. The number of halogens is 3. The van der Waals surface area contributed by atoms with E-state index in [1.807, 2.05) is 0 Å². The lowest BCUT2D eigenvalue weighted by molar-refractivity contribution is -0.247. The average Bonchev–Trinajstić information content (AvgIpc) is 3.21. The smallest absolute Gasteiger partial charge is 0.344 e. The molecule has 8 atom stereocenters. The number of carbonyl (C=O) groups excluding carboxylic acids is 1. The van der Waals surface area contributed by atoms with E-state index in [-0.39, 0.29) is 36.2 Å². The molecule has 0 amide bonds. The Morgan fingerprint density at radius 2 is 1.88 bits per heavy atom. The molecule has 26 heavy (non-hydrogen) atoms. The minimum Gasteiger partial charge on any atom is -0.344 e.